The fraction of sp³-hybridized carbons (Fsp3) is 0.407. The van der Waals surface area contributed by atoms with Gasteiger partial charge in [0.1, 0.15) is 5.82 Å². The lowest BCUT2D eigenvalue weighted by Gasteiger charge is -2.41. The summed E-state index contributed by atoms with van der Waals surface area (Å²) in [6, 6.07) is 10.8. The van der Waals surface area contributed by atoms with E-state index >= 15 is 0 Å². The van der Waals surface area contributed by atoms with Crippen molar-refractivity contribution >= 4 is 22.0 Å². The van der Waals surface area contributed by atoms with E-state index in [0.717, 1.165) is 5.56 Å². The van der Waals surface area contributed by atoms with Gasteiger partial charge in [0.2, 0.25) is 10.0 Å². The van der Waals surface area contributed by atoms with Gasteiger partial charge in [0.15, 0.2) is 0 Å². The number of piperazine rings is 1. The molecular formula is C27H33FN4O5S. The molecule has 2 amide bonds. The van der Waals surface area contributed by atoms with Crippen LogP contribution in [0.5, 0.6) is 0 Å². The van der Waals surface area contributed by atoms with Gasteiger partial charge in [-0.05, 0) is 50.6 Å². The minimum atomic E-state index is -3.67. The smallest absolute Gasteiger partial charge is 0.338 e. The molecule has 1 fully saturated rings. The first kappa shape index (κ1) is 27.7. The van der Waals surface area contributed by atoms with E-state index in [9.17, 15) is 22.4 Å². The van der Waals surface area contributed by atoms with Crippen LogP contribution in [0.3, 0.4) is 0 Å². The van der Waals surface area contributed by atoms with Gasteiger partial charge in [-0.2, -0.15) is 4.31 Å². The van der Waals surface area contributed by atoms with E-state index in [1.807, 2.05) is 18.7 Å². The molecule has 2 aliphatic rings. The predicted octanol–water partition coefficient (Wildman–Crippen LogP) is 3.04. The number of nitrogens with zero attached hydrogens (tertiary/aromatic N) is 3. The molecule has 4 rings (SSSR count). The van der Waals surface area contributed by atoms with Gasteiger partial charge >= 0.3 is 12.0 Å². The third-order valence-corrected chi connectivity index (χ3v) is 8.95. The number of benzene rings is 2. The lowest BCUT2D eigenvalue weighted by molar-refractivity contribution is -0.139. The second kappa shape index (κ2) is 11.2. The van der Waals surface area contributed by atoms with Gasteiger partial charge in [0.25, 0.3) is 0 Å². The molecule has 0 radical (unpaired) electrons. The van der Waals surface area contributed by atoms with E-state index in [1.165, 1.54) is 33.5 Å². The van der Waals surface area contributed by atoms with Gasteiger partial charge < -0.3 is 10.1 Å². The van der Waals surface area contributed by atoms with E-state index in [-0.39, 0.29) is 36.2 Å². The molecule has 0 saturated carbocycles. The second-order valence-corrected chi connectivity index (χ2v) is 11.5. The van der Waals surface area contributed by atoms with E-state index < -0.39 is 33.9 Å². The molecule has 2 aromatic carbocycles. The van der Waals surface area contributed by atoms with Crippen molar-refractivity contribution in [1.82, 2.24) is 19.4 Å². The number of esters is 1. The van der Waals surface area contributed by atoms with Crippen molar-refractivity contribution < 1.29 is 27.1 Å². The first-order chi connectivity index (χ1) is 18.0. The van der Waals surface area contributed by atoms with Gasteiger partial charge in [0.05, 0.1) is 23.1 Å². The lowest BCUT2D eigenvalue weighted by Crippen LogP contribution is -2.56. The Kier molecular flexibility index (Phi) is 8.19. The molecule has 0 aromatic heterocycles. The minimum Gasteiger partial charge on any atom is -0.463 e. The summed E-state index contributed by atoms with van der Waals surface area (Å²) in [5, 5.41) is 2.82. The zero-order chi connectivity index (χ0) is 27.6. The van der Waals surface area contributed by atoms with E-state index in [1.54, 1.807) is 38.2 Å². The maximum Gasteiger partial charge on any atom is 0.338 e. The van der Waals surface area contributed by atoms with Crippen LogP contribution in [-0.2, 0) is 19.6 Å². The summed E-state index contributed by atoms with van der Waals surface area (Å²) in [6.07, 6.45) is 0. The molecule has 11 heteroatoms. The van der Waals surface area contributed by atoms with Crippen LogP contribution < -0.4 is 5.32 Å². The third kappa shape index (κ3) is 5.59. The van der Waals surface area contributed by atoms with Crippen LogP contribution in [0.15, 0.2) is 64.7 Å². The van der Waals surface area contributed by atoms with E-state index in [2.05, 4.69) is 5.32 Å². The number of carbonyl (C=O) groups is 2. The molecule has 0 bridgehead atoms. The fourth-order valence-corrected chi connectivity index (χ4v) is 6.49. The van der Waals surface area contributed by atoms with Crippen molar-refractivity contribution in [1.29, 1.82) is 0 Å². The average Bonchev–Trinajstić information content (AvgIpc) is 2.87. The Labute approximate surface area is 222 Å². The monoisotopic (exact) mass is 544 g/mol. The number of hydrogen-bond donors (Lipinski definition) is 1. The van der Waals surface area contributed by atoms with Gasteiger partial charge in [-0.3, -0.25) is 9.80 Å². The van der Waals surface area contributed by atoms with Crippen molar-refractivity contribution in [2.45, 2.75) is 37.8 Å². The maximum atomic E-state index is 13.6. The molecule has 1 saturated heterocycles. The fourth-order valence-electron chi connectivity index (χ4n) is 4.88. The van der Waals surface area contributed by atoms with Crippen LogP contribution in [0.2, 0.25) is 0 Å². The number of urea groups is 1. The van der Waals surface area contributed by atoms with Crippen molar-refractivity contribution in [2.75, 3.05) is 39.8 Å². The maximum absolute atomic E-state index is 13.6. The topological polar surface area (TPSA) is 99.3 Å². The van der Waals surface area contributed by atoms with Crippen molar-refractivity contribution in [3.05, 3.63) is 76.7 Å². The van der Waals surface area contributed by atoms with Crippen molar-refractivity contribution in [3.63, 3.8) is 0 Å². The van der Waals surface area contributed by atoms with E-state index in [0.29, 0.717) is 24.4 Å². The molecular weight excluding hydrogens is 511 g/mol. The number of rotatable bonds is 7. The zero-order valence-electron chi connectivity index (χ0n) is 22.0. The number of aryl methyl sites for hydroxylation is 1. The number of halogens is 1. The normalized spacial score (nSPS) is 21.4. The number of ether oxygens (including phenoxy) is 1. The van der Waals surface area contributed by atoms with Crippen LogP contribution in [0.25, 0.3) is 0 Å². The van der Waals surface area contributed by atoms with Gasteiger partial charge in [0, 0.05) is 45.0 Å². The number of sulfonamides is 1. The number of hydrogen-bond acceptors (Lipinski definition) is 6. The SMILES string of the molecule is CCOC(=O)C1=C(CN2CCN(S(=O)(=O)c3ccc(C)cc3)[C@H](C)C2)N(C)C(=O)N[C@H]1c1ccc(F)cc1. The Bertz CT molecular complexity index is 1330. The molecule has 9 nitrogen and oxygen atoms in total. The molecule has 0 aliphatic carbocycles. The number of carbonyl (C=O) groups excluding carboxylic acids is 2. The van der Waals surface area contributed by atoms with Gasteiger partial charge in [-0.15, -0.1) is 0 Å². The zero-order valence-corrected chi connectivity index (χ0v) is 22.8. The molecule has 0 unspecified atom stereocenters. The molecule has 2 aliphatic heterocycles. The van der Waals surface area contributed by atoms with Crippen LogP contribution in [-0.4, -0.2) is 80.4 Å². The summed E-state index contributed by atoms with van der Waals surface area (Å²) < 4.78 is 47.0. The van der Waals surface area contributed by atoms with Crippen LogP contribution in [0.1, 0.15) is 31.0 Å². The summed E-state index contributed by atoms with van der Waals surface area (Å²) in [5.74, 6) is -1.00. The van der Waals surface area contributed by atoms with Crippen molar-refractivity contribution in [3.8, 4) is 0 Å². The van der Waals surface area contributed by atoms with Gasteiger partial charge in [-0.25, -0.2) is 22.4 Å². The Balaban J connectivity index is 1.62. The average molecular weight is 545 g/mol. The molecule has 0 spiro atoms. The minimum absolute atomic E-state index is 0.149. The highest BCUT2D eigenvalue weighted by molar-refractivity contribution is 7.89. The predicted molar refractivity (Wildman–Crippen MR) is 140 cm³/mol. The van der Waals surface area contributed by atoms with Crippen LogP contribution in [0.4, 0.5) is 9.18 Å². The summed E-state index contributed by atoms with van der Waals surface area (Å²) >= 11 is 0. The van der Waals surface area contributed by atoms with Crippen molar-refractivity contribution in [2.24, 2.45) is 0 Å². The Hall–Kier alpha value is -3.28. The first-order valence-corrected chi connectivity index (χ1v) is 14.0. The number of nitrogens with one attached hydrogen (secondary N) is 1. The highest BCUT2D eigenvalue weighted by Gasteiger charge is 2.39. The number of likely N-dealkylation sites (N-methyl/N-ethyl adjacent to an activating group) is 1. The molecule has 2 aromatic rings. The first-order valence-electron chi connectivity index (χ1n) is 12.5. The van der Waals surface area contributed by atoms with Crippen LogP contribution >= 0.6 is 0 Å². The molecule has 2 atom stereocenters. The molecule has 1 N–H and O–H groups in total. The Morgan fingerprint density at radius 3 is 2.37 bits per heavy atom. The standard InChI is InChI=1S/C27H33FN4O5S/c1-5-37-26(33)24-23(30(4)27(34)29-25(24)20-8-10-21(28)11-9-20)17-31-14-15-32(19(3)16-31)38(35,36)22-12-6-18(2)7-13-22/h6-13,19,25H,5,14-17H2,1-4H3,(H,29,34)/t19-,25+/m1/s1. The largest absolute Gasteiger partial charge is 0.463 e. The second-order valence-electron chi connectivity index (χ2n) is 9.59. The molecule has 2 heterocycles. The number of amides is 2. The Morgan fingerprint density at radius 2 is 1.76 bits per heavy atom. The highest BCUT2D eigenvalue weighted by atomic mass is 32.2. The van der Waals surface area contributed by atoms with E-state index in [4.69, 9.17) is 4.74 Å². The highest BCUT2D eigenvalue weighted by Crippen LogP contribution is 2.32. The third-order valence-electron chi connectivity index (χ3n) is 6.93. The van der Waals surface area contributed by atoms with Gasteiger partial charge in [-0.1, -0.05) is 29.8 Å². The molecule has 204 valence electrons. The summed E-state index contributed by atoms with van der Waals surface area (Å²) in [5.41, 5.74) is 2.26. The summed E-state index contributed by atoms with van der Waals surface area (Å²) in [7, 11) is -2.09. The summed E-state index contributed by atoms with van der Waals surface area (Å²) in [4.78, 5) is 29.7. The Morgan fingerprint density at radius 1 is 1.11 bits per heavy atom. The summed E-state index contributed by atoms with van der Waals surface area (Å²) in [6.45, 7) is 6.90. The molecule has 38 heavy (non-hydrogen) atoms. The quantitative estimate of drug-likeness (QED) is 0.538. The lowest BCUT2D eigenvalue weighted by atomic mass is 9.94. The van der Waals surface area contributed by atoms with Crippen LogP contribution in [0, 0.1) is 12.7 Å².